The SMILES string of the molecule is [CH2-]CC[C@H]([CH2-])C.[CH3-].[Y+3].[Y]. The van der Waals surface area contributed by atoms with Gasteiger partial charge >= 0.3 is 32.7 Å². The zero-order valence-electron chi connectivity index (χ0n) is 6.56. The van der Waals surface area contributed by atoms with Crippen LogP contribution in [0.1, 0.15) is 19.8 Å². The van der Waals surface area contributed by atoms with Crippen LogP contribution in [0, 0.1) is 27.2 Å². The monoisotopic (exact) mass is 277 g/mol. The predicted molar refractivity (Wildman–Crippen MR) is 35.5 cm³/mol. The quantitative estimate of drug-likeness (QED) is 0.680. The van der Waals surface area contributed by atoms with E-state index in [9.17, 15) is 0 Å². The van der Waals surface area contributed by atoms with Crippen LogP contribution in [0.2, 0.25) is 0 Å². The molecule has 0 saturated heterocycles. The second kappa shape index (κ2) is 16.7. The van der Waals surface area contributed by atoms with Gasteiger partial charge in [0.25, 0.3) is 0 Å². The van der Waals surface area contributed by atoms with Gasteiger partial charge in [-0.25, -0.2) is 0 Å². The first-order valence-electron chi connectivity index (χ1n) is 2.39. The van der Waals surface area contributed by atoms with Gasteiger partial charge in [-0.1, -0.05) is 6.92 Å². The van der Waals surface area contributed by atoms with E-state index in [0.29, 0.717) is 5.92 Å². The fourth-order valence-electron chi connectivity index (χ4n) is 0.348. The smallest absolute Gasteiger partial charge is 0.358 e. The maximum Gasteiger partial charge on any atom is 3.00 e. The zero-order valence-corrected chi connectivity index (χ0v) is 12.2. The summed E-state index contributed by atoms with van der Waals surface area (Å²) in [6.07, 6.45) is 2.17. The average Bonchev–Trinajstić information content (AvgIpc) is 1.35. The Balaban J connectivity index is -0.0000000417. The summed E-state index contributed by atoms with van der Waals surface area (Å²) in [5.41, 5.74) is 0. The van der Waals surface area contributed by atoms with Crippen molar-refractivity contribution in [3.63, 3.8) is 0 Å². The van der Waals surface area contributed by atoms with Gasteiger partial charge in [-0.15, -0.1) is 6.42 Å². The van der Waals surface area contributed by atoms with Crippen molar-refractivity contribution in [1.82, 2.24) is 0 Å². The molecule has 0 rings (SSSR count). The molecule has 0 N–H and O–H groups in total. The van der Waals surface area contributed by atoms with Crippen LogP contribution in [0.25, 0.3) is 0 Å². The molecule has 0 nitrogen and oxygen atoms in total. The van der Waals surface area contributed by atoms with Crippen molar-refractivity contribution in [3.8, 4) is 0 Å². The van der Waals surface area contributed by atoms with Crippen LogP contribution in [-0.4, -0.2) is 0 Å². The molecule has 0 aliphatic carbocycles. The first-order valence-corrected chi connectivity index (χ1v) is 2.39. The van der Waals surface area contributed by atoms with Crippen LogP contribution in [0.15, 0.2) is 0 Å². The van der Waals surface area contributed by atoms with E-state index in [4.69, 9.17) is 0 Å². The van der Waals surface area contributed by atoms with Crippen LogP contribution in [-0.2, 0) is 65.4 Å². The third kappa shape index (κ3) is 25.4. The van der Waals surface area contributed by atoms with Crippen LogP contribution >= 0.6 is 0 Å². The molecule has 0 aromatic carbocycles. The summed E-state index contributed by atoms with van der Waals surface area (Å²) in [6.45, 7) is 9.58. The van der Waals surface area contributed by atoms with Gasteiger partial charge in [-0.2, -0.15) is 12.3 Å². The topological polar surface area (TPSA) is 0 Å². The summed E-state index contributed by atoms with van der Waals surface area (Å²) in [7, 11) is 0. The minimum Gasteiger partial charge on any atom is -0.358 e. The Morgan fingerprint density at radius 3 is 1.78 bits per heavy atom. The second-order valence-electron chi connectivity index (χ2n) is 1.75. The first kappa shape index (κ1) is 22.5. The standard InChI is InChI=1S/C6H12.CH3.2Y/c1-4-5-6(2)3;;;/h6H,1-2,4-5H2,3H3;1H3;;/q-2;-1;;+3/t6-;;;/m1.../s1. The summed E-state index contributed by atoms with van der Waals surface area (Å²) in [6, 6.07) is 0. The Hall–Kier alpha value is 2.21. The Bertz CT molecular complexity index is 28.1. The molecule has 2 heteroatoms. The Kier molecular flexibility index (Phi) is 41.6. The maximum absolute atomic E-state index is 3.79. The molecule has 0 amide bonds. The fourth-order valence-corrected chi connectivity index (χ4v) is 0.348. The van der Waals surface area contributed by atoms with Crippen LogP contribution in [0.4, 0.5) is 0 Å². The molecule has 1 radical (unpaired) electrons. The van der Waals surface area contributed by atoms with E-state index < -0.39 is 0 Å². The molecule has 0 fully saturated rings. The zero-order chi connectivity index (χ0) is 4.99. The van der Waals surface area contributed by atoms with Crippen LogP contribution in [0.3, 0.4) is 0 Å². The largest absolute Gasteiger partial charge is 3.00 e. The predicted octanol–water partition coefficient (Wildman–Crippen LogP) is 2.52. The van der Waals surface area contributed by atoms with Crippen molar-refractivity contribution in [2.75, 3.05) is 0 Å². The molecule has 0 unspecified atom stereocenters. The van der Waals surface area contributed by atoms with E-state index in [-0.39, 0.29) is 72.8 Å². The fraction of sp³-hybridized carbons (Fsp3) is 0.571. The van der Waals surface area contributed by atoms with Gasteiger partial charge in [0.15, 0.2) is 0 Å². The summed E-state index contributed by atoms with van der Waals surface area (Å²) in [4.78, 5) is 0. The van der Waals surface area contributed by atoms with Gasteiger partial charge < -0.3 is 21.3 Å². The molecule has 9 heavy (non-hydrogen) atoms. The molecular formula is C7H15Y2. The van der Waals surface area contributed by atoms with Crippen LogP contribution in [0.5, 0.6) is 0 Å². The molecule has 0 bridgehead atoms. The molecular weight excluding hydrogens is 262 g/mol. The van der Waals surface area contributed by atoms with Gasteiger partial charge in [-0.05, 0) is 0 Å². The van der Waals surface area contributed by atoms with E-state index in [1.165, 1.54) is 0 Å². The Labute approximate surface area is 111 Å². The normalized spacial score (nSPS) is 9.67. The minimum atomic E-state index is 0. The minimum absolute atomic E-state index is 0. The molecule has 0 spiro atoms. The van der Waals surface area contributed by atoms with Crippen molar-refractivity contribution in [2.45, 2.75) is 19.8 Å². The van der Waals surface area contributed by atoms with Crippen molar-refractivity contribution < 1.29 is 65.4 Å². The number of rotatable bonds is 2. The van der Waals surface area contributed by atoms with Crippen molar-refractivity contribution in [3.05, 3.63) is 21.3 Å². The van der Waals surface area contributed by atoms with Gasteiger partial charge in [0.2, 0.25) is 0 Å². The van der Waals surface area contributed by atoms with Gasteiger partial charge in [0.1, 0.15) is 0 Å². The van der Waals surface area contributed by atoms with Crippen LogP contribution < -0.4 is 0 Å². The third-order valence-corrected chi connectivity index (χ3v) is 0.697. The van der Waals surface area contributed by atoms with Crippen molar-refractivity contribution in [1.29, 1.82) is 0 Å². The molecule has 0 aromatic heterocycles. The summed E-state index contributed by atoms with van der Waals surface area (Å²) >= 11 is 0. The van der Waals surface area contributed by atoms with E-state index in [2.05, 4.69) is 20.8 Å². The van der Waals surface area contributed by atoms with E-state index in [1.54, 1.807) is 0 Å². The summed E-state index contributed by atoms with van der Waals surface area (Å²) in [5, 5.41) is 0. The molecule has 0 aliphatic rings. The molecule has 0 saturated carbocycles. The third-order valence-electron chi connectivity index (χ3n) is 0.697. The van der Waals surface area contributed by atoms with Crippen molar-refractivity contribution >= 4 is 0 Å². The summed E-state index contributed by atoms with van der Waals surface area (Å²) < 4.78 is 0. The van der Waals surface area contributed by atoms with E-state index in [0.717, 1.165) is 12.8 Å². The first-order chi connectivity index (χ1) is 2.77. The van der Waals surface area contributed by atoms with E-state index in [1.807, 2.05) is 0 Å². The average molecular weight is 277 g/mol. The number of hydrogen-bond acceptors (Lipinski definition) is 0. The Morgan fingerprint density at radius 1 is 1.44 bits per heavy atom. The molecule has 0 heterocycles. The maximum atomic E-state index is 3.79. The van der Waals surface area contributed by atoms with E-state index >= 15 is 0 Å². The van der Waals surface area contributed by atoms with Crippen molar-refractivity contribution in [2.24, 2.45) is 5.92 Å². The molecule has 0 aromatic rings. The second-order valence-corrected chi connectivity index (χ2v) is 1.75. The number of hydrogen-bond donors (Lipinski definition) is 0. The van der Waals surface area contributed by atoms with Gasteiger partial charge in [0.05, 0.1) is 0 Å². The molecule has 1 atom stereocenters. The molecule has 0 aliphatic heterocycles. The summed E-state index contributed by atoms with van der Waals surface area (Å²) in [5.74, 6) is 0.586. The van der Waals surface area contributed by atoms with Gasteiger partial charge in [0, 0.05) is 32.7 Å². The molecule has 49 valence electrons. The van der Waals surface area contributed by atoms with Gasteiger partial charge in [-0.3, -0.25) is 0 Å². The Morgan fingerprint density at radius 2 is 1.78 bits per heavy atom.